The van der Waals surface area contributed by atoms with Crippen molar-refractivity contribution in [2.75, 3.05) is 17.3 Å². The van der Waals surface area contributed by atoms with Gasteiger partial charge >= 0.3 is 0 Å². The molecule has 0 fully saturated rings. The molecule has 1 atom stereocenters. The Labute approximate surface area is 95.0 Å². The molecule has 1 aromatic heterocycles. The van der Waals surface area contributed by atoms with E-state index < -0.39 is 9.84 Å². The van der Waals surface area contributed by atoms with E-state index in [2.05, 4.69) is 5.32 Å². The molecule has 6 heteroatoms. The van der Waals surface area contributed by atoms with Crippen LogP contribution >= 0.6 is 0 Å². The minimum atomic E-state index is -2.99. The fourth-order valence-electron chi connectivity index (χ4n) is 1.46. The molecule has 0 bridgehead atoms. The molecule has 1 N–H and O–H groups in total. The summed E-state index contributed by atoms with van der Waals surface area (Å²) in [5.74, 6) is 0.0653. The summed E-state index contributed by atoms with van der Waals surface area (Å²) in [6, 6.07) is 2.89. The molecule has 0 radical (unpaired) electrons. The predicted molar refractivity (Wildman–Crippen MR) is 64.5 cm³/mol. The summed E-state index contributed by atoms with van der Waals surface area (Å²) in [5.41, 5.74) is 0.638. The van der Waals surface area contributed by atoms with Gasteiger partial charge in [0.1, 0.15) is 9.84 Å². The summed E-state index contributed by atoms with van der Waals surface area (Å²) in [6.45, 7) is 1.78. The van der Waals surface area contributed by atoms with Crippen LogP contribution in [0.15, 0.2) is 23.1 Å². The molecule has 16 heavy (non-hydrogen) atoms. The molecule has 0 aliphatic rings. The number of hydrogen-bond acceptors (Lipinski definition) is 4. The third-order valence-electron chi connectivity index (χ3n) is 2.05. The molecule has 0 aromatic carbocycles. The Morgan fingerprint density at radius 3 is 2.56 bits per heavy atom. The molecule has 1 unspecified atom stereocenters. The van der Waals surface area contributed by atoms with Gasteiger partial charge in [-0.05, 0) is 13.0 Å². The molecular weight excluding hydrogens is 228 g/mol. The Morgan fingerprint density at radius 2 is 2.06 bits per heavy atom. The van der Waals surface area contributed by atoms with Crippen molar-refractivity contribution in [2.24, 2.45) is 7.05 Å². The van der Waals surface area contributed by atoms with Crippen molar-refractivity contribution in [1.82, 2.24) is 4.57 Å². The molecule has 1 aromatic rings. The van der Waals surface area contributed by atoms with Gasteiger partial charge in [-0.2, -0.15) is 0 Å². The second kappa shape index (κ2) is 4.69. The van der Waals surface area contributed by atoms with Gasteiger partial charge in [0.05, 0.1) is 11.4 Å². The maximum Gasteiger partial charge on any atom is 0.250 e. The Morgan fingerprint density at radius 1 is 1.44 bits per heavy atom. The number of anilines is 1. The Hall–Kier alpha value is -1.30. The lowest BCUT2D eigenvalue weighted by atomic mass is 10.3. The molecule has 1 rings (SSSR count). The molecule has 0 saturated heterocycles. The number of nitrogens with zero attached hydrogens (tertiary/aromatic N) is 1. The van der Waals surface area contributed by atoms with E-state index in [-0.39, 0.29) is 17.4 Å². The minimum Gasteiger partial charge on any atom is -0.380 e. The SMILES string of the molecule is CC(CS(C)(=O)=O)Nc1ccc(=O)n(C)c1. The topological polar surface area (TPSA) is 68.2 Å². The molecule has 90 valence electrons. The summed E-state index contributed by atoms with van der Waals surface area (Å²) in [5, 5.41) is 3.03. The number of nitrogens with one attached hydrogen (secondary N) is 1. The molecular formula is C10H16N2O3S. The van der Waals surface area contributed by atoms with Crippen molar-refractivity contribution in [1.29, 1.82) is 0 Å². The van der Waals surface area contributed by atoms with E-state index in [0.29, 0.717) is 0 Å². The smallest absolute Gasteiger partial charge is 0.250 e. The van der Waals surface area contributed by atoms with E-state index in [9.17, 15) is 13.2 Å². The van der Waals surface area contributed by atoms with Crippen LogP contribution in [0.1, 0.15) is 6.92 Å². The zero-order valence-electron chi connectivity index (χ0n) is 9.60. The Kier molecular flexibility index (Phi) is 3.74. The van der Waals surface area contributed by atoms with Gasteiger partial charge in [0.2, 0.25) is 5.56 Å². The first-order valence-corrected chi connectivity index (χ1v) is 6.95. The van der Waals surface area contributed by atoms with Crippen molar-refractivity contribution in [3.63, 3.8) is 0 Å². The Bertz CT molecular complexity index is 519. The summed E-state index contributed by atoms with van der Waals surface area (Å²) < 4.78 is 23.6. The molecule has 0 saturated carbocycles. The zero-order chi connectivity index (χ0) is 12.3. The predicted octanol–water partition coefficient (Wildman–Crippen LogP) is 0.230. The number of rotatable bonds is 4. The van der Waals surface area contributed by atoms with Crippen molar-refractivity contribution in [3.8, 4) is 0 Å². The van der Waals surface area contributed by atoms with Crippen molar-refractivity contribution in [2.45, 2.75) is 13.0 Å². The second-order valence-electron chi connectivity index (χ2n) is 4.00. The van der Waals surface area contributed by atoms with Gasteiger partial charge in [0.15, 0.2) is 0 Å². The van der Waals surface area contributed by atoms with Crippen LogP contribution in [0.25, 0.3) is 0 Å². The van der Waals surface area contributed by atoms with Crippen molar-refractivity contribution >= 4 is 15.5 Å². The maximum atomic E-state index is 11.1. The quantitative estimate of drug-likeness (QED) is 0.823. The van der Waals surface area contributed by atoms with Gasteiger partial charge < -0.3 is 9.88 Å². The summed E-state index contributed by atoms with van der Waals surface area (Å²) in [4.78, 5) is 11.1. The van der Waals surface area contributed by atoms with Gasteiger partial charge in [-0.1, -0.05) is 0 Å². The van der Waals surface area contributed by atoms with E-state index in [1.807, 2.05) is 0 Å². The molecule has 0 aliphatic heterocycles. The standard InChI is InChI=1S/C10H16N2O3S/c1-8(7-16(3,14)15)11-9-4-5-10(13)12(2)6-9/h4-6,8,11H,7H2,1-3H3. The highest BCUT2D eigenvalue weighted by Gasteiger charge is 2.10. The van der Waals surface area contributed by atoms with E-state index in [4.69, 9.17) is 0 Å². The summed E-state index contributed by atoms with van der Waals surface area (Å²) in [6.07, 6.45) is 2.84. The van der Waals surface area contributed by atoms with Gasteiger partial charge in [0, 0.05) is 31.6 Å². The van der Waals surface area contributed by atoms with Crippen LogP contribution in [0.5, 0.6) is 0 Å². The van der Waals surface area contributed by atoms with E-state index in [1.165, 1.54) is 16.9 Å². The fourth-order valence-corrected chi connectivity index (χ4v) is 2.45. The molecule has 0 spiro atoms. The van der Waals surface area contributed by atoms with Crippen LogP contribution < -0.4 is 10.9 Å². The highest BCUT2D eigenvalue weighted by atomic mass is 32.2. The van der Waals surface area contributed by atoms with Crippen LogP contribution in [0.2, 0.25) is 0 Å². The van der Waals surface area contributed by atoms with Gasteiger partial charge in [-0.3, -0.25) is 4.79 Å². The summed E-state index contributed by atoms with van der Waals surface area (Å²) >= 11 is 0. The van der Waals surface area contributed by atoms with Crippen LogP contribution in [0.4, 0.5) is 5.69 Å². The second-order valence-corrected chi connectivity index (χ2v) is 6.19. The number of hydrogen-bond donors (Lipinski definition) is 1. The molecule has 0 amide bonds. The number of sulfone groups is 1. The van der Waals surface area contributed by atoms with Gasteiger partial charge in [0.25, 0.3) is 0 Å². The lowest BCUT2D eigenvalue weighted by Gasteiger charge is -2.14. The third kappa shape index (κ3) is 4.06. The lowest BCUT2D eigenvalue weighted by Crippen LogP contribution is -2.26. The minimum absolute atomic E-state index is 0.0653. The number of pyridine rings is 1. The maximum absolute atomic E-state index is 11.1. The molecule has 5 nitrogen and oxygen atoms in total. The van der Waals surface area contributed by atoms with E-state index >= 15 is 0 Å². The monoisotopic (exact) mass is 244 g/mol. The van der Waals surface area contributed by atoms with E-state index in [0.717, 1.165) is 5.69 Å². The first-order valence-electron chi connectivity index (χ1n) is 4.89. The zero-order valence-corrected chi connectivity index (χ0v) is 10.4. The number of aromatic nitrogens is 1. The highest BCUT2D eigenvalue weighted by molar-refractivity contribution is 7.90. The average Bonchev–Trinajstić information content (AvgIpc) is 2.08. The average molecular weight is 244 g/mol. The Balaban J connectivity index is 2.74. The van der Waals surface area contributed by atoms with Crippen LogP contribution in [0, 0.1) is 0 Å². The van der Waals surface area contributed by atoms with Crippen LogP contribution in [0.3, 0.4) is 0 Å². The number of aryl methyl sites for hydroxylation is 1. The lowest BCUT2D eigenvalue weighted by molar-refractivity contribution is 0.598. The van der Waals surface area contributed by atoms with Gasteiger partial charge in [-0.15, -0.1) is 0 Å². The van der Waals surface area contributed by atoms with Crippen molar-refractivity contribution in [3.05, 3.63) is 28.7 Å². The first kappa shape index (κ1) is 12.8. The first-order chi connectivity index (χ1) is 7.28. The normalized spacial score (nSPS) is 13.4. The fraction of sp³-hybridized carbons (Fsp3) is 0.500. The molecule has 0 aliphatic carbocycles. The van der Waals surface area contributed by atoms with E-state index in [1.54, 1.807) is 26.2 Å². The summed E-state index contributed by atoms with van der Waals surface area (Å²) in [7, 11) is -1.35. The highest BCUT2D eigenvalue weighted by Crippen LogP contribution is 2.05. The largest absolute Gasteiger partial charge is 0.380 e. The van der Waals surface area contributed by atoms with Gasteiger partial charge in [-0.25, -0.2) is 8.42 Å². The molecule has 1 heterocycles. The van der Waals surface area contributed by atoms with Crippen LogP contribution in [-0.4, -0.2) is 31.0 Å². The third-order valence-corrected chi connectivity index (χ3v) is 3.16. The van der Waals surface area contributed by atoms with Crippen molar-refractivity contribution < 1.29 is 8.42 Å². The van der Waals surface area contributed by atoms with Crippen LogP contribution in [-0.2, 0) is 16.9 Å².